The third-order valence-electron chi connectivity index (χ3n) is 14.8. The van der Waals surface area contributed by atoms with E-state index in [4.69, 9.17) is 0 Å². The highest BCUT2D eigenvalue weighted by Gasteiger charge is 2.29. The smallest absolute Gasteiger partial charge is 0.0543 e. The molecule has 0 aromatic heterocycles. The van der Waals surface area contributed by atoms with Crippen molar-refractivity contribution in [2.75, 3.05) is 9.80 Å². The first kappa shape index (κ1) is 44.7. The molecule has 2 nitrogen and oxygen atoms in total. The molecule has 10 aromatic carbocycles. The zero-order chi connectivity index (χ0) is 47.7. The molecule has 338 valence electrons. The summed E-state index contributed by atoms with van der Waals surface area (Å²) in [5.41, 5.74) is 25.0. The van der Waals surface area contributed by atoms with Gasteiger partial charge in [0.2, 0.25) is 0 Å². The van der Waals surface area contributed by atoms with E-state index in [0.29, 0.717) is 0 Å². The van der Waals surface area contributed by atoms with Crippen LogP contribution < -0.4 is 9.80 Å². The molecular formula is C66H64N2. The van der Waals surface area contributed by atoms with Gasteiger partial charge in [0.15, 0.2) is 0 Å². The van der Waals surface area contributed by atoms with Crippen molar-refractivity contribution in [3.63, 3.8) is 0 Å². The average Bonchev–Trinajstić information content (AvgIpc) is 3.31. The second kappa shape index (κ2) is 17.5. The Balaban J connectivity index is 1.34. The minimum Gasteiger partial charge on any atom is -0.309 e. The Kier molecular flexibility index (Phi) is 11.5. The van der Waals surface area contributed by atoms with E-state index in [1.54, 1.807) is 0 Å². The van der Waals surface area contributed by atoms with E-state index in [0.717, 1.165) is 0 Å². The van der Waals surface area contributed by atoms with Crippen LogP contribution in [0.1, 0.15) is 95.2 Å². The fourth-order valence-electron chi connectivity index (χ4n) is 11.2. The Hall–Kier alpha value is -7.16. The largest absolute Gasteiger partial charge is 0.309 e. The van der Waals surface area contributed by atoms with Crippen molar-refractivity contribution in [1.29, 1.82) is 0 Å². The van der Waals surface area contributed by atoms with Gasteiger partial charge in [0, 0.05) is 22.1 Å². The van der Waals surface area contributed by atoms with E-state index >= 15 is 0 Å². The molecule has 0 N–H and O–H groups in total. The predicted molar refractivity (Wildman–Crippen MR) is 296 cm³/mol. The number of hydrogen-bond donors (Lipinski definition) is 0. The fourth-order valence-corrected chi connectivity index (χ4v) is 11.2. The van der Waals surface area contributed by atoms with Crippen LogP contribution in [0.4, 0.5) is 34.1 Å². The van der Waals surface area contributed by atoms with Crippen molar-refractivity contribution < 1.29 is 0 Å². The molecule has 0 saturated heterocycles. The molecule has 0 aliphatic carbocycles. The molecule has 0 aliphatic heterocycles. The Labute approximate surface area is 404 Å². The van der Waals surface area contributed by atoms with Gasteiger partial charge in [-0.3, -0.25) is 0 Å². The Morgan fingerprint density at radius 3 is 0.985 bits per heavy atom. The fraction of sp³-hybridized carbons (Fsp3) is 0.212. The van der Waals surface area contributed by atoms with Crippen LogP contribution in [0.5, 0.6) is 0 Å². The molecule has 0 radical (unpaired) electrons. The van der Waals surface area contributed by atoms with Gasteiger partial charge in [0.1, 0.15) is 0 Å². The van der Waals surface area contributed by atoms with Crippen LogP contribution in [0.3, 0.4) is 0 Å². The molecule has 10 rings (SSSR count). The van der Waals surface area contributed by atoms with Gasteiger partial charge in [0.25, 0.3) is 0 Å². The standard InChI is InChI=1S/C66H64N2/c1-39(2)57-37-61(67(65-45(9)21-17-22-46(65)10)59-35-49(29-27-43(59)7)51-25-15-13-19-41(51)5)55-34-32-54-58(40(3)4)38-62(56-33-31-53(57)63(55)64(54)56)68(66-47(11)23-18-24-48(66)12)60-36-50(30-28-44(60)8)52-26-16-14-20-42(52)6/h13-40H,1-12H3. The minimum atomic E-state index is 0.277. The average molecular weight is 885 g/mol. The summed E-state index contributed by atoms with van der Waals surface area (Å²) < 4.78 is 0. The van der Waals surface area contributed by atoms with E-state index in [-0.39, 0.29) is 11.8 Å². The maximum atomic E-state index is 2.60. The highest BCUT2D eigenvalue weighted by Crippen LogP contribution is 2.53. The molecule has 0 saturated carbocycles. The number of anilines is 6. The van der Waals surface area contributed by atoms with E-state index in [1.165, 1.54) is 144 Å². The zero-order valence-electron chi connectivity index (χ0n) is 42.1. The Morgan fingerprint density at radius 2 is 0.632 bits per heavy atom. The van der Waals surface area contributed by atoms with Crippen LogP contribution in [0.2, 0.25) is 0 Å². The predicted octanol–water partition coefficient (Wildman–Crippen LogP) is 19.6. The van der Waals surface area contributed by atoms with Crippen molar-refractivity contribution in [3.05, 3.63) is 213 Å². The summed E-state index contributed by atoms with van der Waals surface area (Å²) in [6, 6.07) is 59.9. The summed E-state index contributed by atoms with van der Waals surface area (Å²) in [5, 5.41) is 7.84. The van der Waals surface area contributed by atoms with E-state index in [2.05, 4.69) is 251 Å². The van der Waals surface area contributed by atoms with E-state index in [9.17, 15) is 0 Å². The van der Waals surface area contributed by atoms with Crippen LogP contribution in [0, 0.1) is 55.4 Å². The summed E-state index contributed by atoms with van der Waals surface area (Å²) in [4.78, 5) is 5.21. The number of aryl methyl sites for hydroxylation is 8. The second-order valence-corrected chi connectivity index (χ2v) is 20.1. The molecule has 68 heavy (non-hydrogen) atoms. The molecule has 0 amide bonds. The summed E-state index contributed by atoms with van der Waals surface area (Å²) in [6.45, 7) is 27.5. The lowest BCUT2D eigenvalue weighted by atomic mass is 9.83. The highest BCUT2D eigenvalue weighted by atomic mass is 15.2. The maximum absolute atomic E-state index is 2.60. The molecule has 0 fully saturated rings. The van der Waals surface area contributed by atoms with Gasteiger partial charge in [0.05, 0.1) is 22.7 Å². The molecule has 10 aromatic rings. The first-order chi connectivity index (χ1) is 32.7. The van der Waals surface area contributed by atoms with Gasteiger partial charge < -0.3 is 9.80 Å². The lowest BCUT2D eigenvalue weighted by molar-refractivity contribution is 0.875. The SMILES string of the molecule is Cc1ccccc1-c1ccc(C)c(N(c2c(C)cccc2C)c2cc(C(C)C)c3ccc4c(N(c5cc(-c6ccccc6C)ccc5C)c5c(C)cccc5C)cc(C(C)C)c5ccc2c3c54)c1. The van der Waals surface area contributed by atoms with Crippen LogP contribution in [0.15, 0.2) is 158 Å². The van der Waals surface area contributed by atoms with Crippen molar-refractivity contribution in [3.8, 4) is 22.3 Å². The van der Waals surface area contributed by atoms with Crippen LogP contribution in [-0.4, -0.2) is 0 Å². The summed E-state index contributed by atoms with van der Waals surface area (Å²) >= 11 is 0. The van der Waals surface area contributed by atoms with E-state index < -0.39 is 0 Å². The van der Waals surface area contributed by atoms with Gasteiger partial charge in [-0.25, -0.2) is 0 Å². The van der Waals surface area contributed by atoms with Crippen molar-refractivity contribution in [1.82, 2.24) is 0 Å². The topological polar surface area (TPSA) is 6.48 Å². The van der Waals surface area contributed by atoms with Gasteiger partial charge in [-0.2, -0.15) is 0 Å². The first-order valence-electron chi connectivity index (χ1n) is 24.6. The lowest BCUT2D eigenvalue weighted by Gasteiger charge is -2.34. The Morgan fingerprint density at radius 1 is 0.294 bits per heavy atom. The molecule has 0 atom stereocenters. The zero-order valence-corrected chi connectivity index (χ0v) is 42.1. The number of nitrogens with zero attached hydrogens (tertiary/aromatic N) is 2. The van der Waals surface area contributed by atoms with Crippen molar-refractivity contribution in [2.45, 2.75) is 94.9 Å². The molecule has 0 spiro atoms. The molecule has 2 heteroatoms. The monoisotopic (exact) mass is 885 g/mol. The summed E-state index contributed by atoms with van der Waals surface area (Å²) in [5.74, 6) is 0.555. The Bertz CT molecular complexity index is 3290. The number of hydrogen-bond acceptors (Lipinski definition) is 2. The number of para-hydroxylation sites is 2. The highest BCUT2D eigenvalue weighted by molar-refractivity contribution is 6.29. The number of rotatable bonds is 10. The maximum Gasteiger partial charge on any atom is 0.0543 e. The van der Waals surface area contributed by atoms with Crippen molar-refractivity contribution >= 4 is 66.4 Å². The van der Waals surface area contributed by atoms with Gasteiger partial charge in [-0.05, 0) is 191 Å². The molecular weight excluding hydrogens is 821 g/mol. The van der Waals surface area contributed by atoms with E-state index in [1.807, 2.05) is 0 Å². The first-order valence-corrected chi connectivity index (χ1v) is 24.6. The molecule has 0 heterocycles. The molecule has 0 bridgehead atoms. The summed E-state index contributed by atoms with van der Waals surface area (Å²) in [7, 11) is 0. The minimum absolute atomic E-state index is 0.277. The lowest BCUT2D eigenvalue weighted by Crippen LogP contribution is -2.16. The normalized spacial score (nSPS) is 11.8. The van der Waals surface area contributed by atoms with Gasteiger partial charge in [-0.1, -0.05) is 161 Å². The summed E-state index contributed by atoms with van der Waals surface area (Å²) in [6.07, 6.45) is 0. The van der Waals surface area contributed by atoms with Crippen LogP contribution in [-0.2, 0) is 0 Å². The molecule has 0 aliphatic rings. The third kappa shape index (κ3) is 7.42. The quantitative estimate of drug-likeness (QED) is 0.126. The molecule has 0 unspecified atom stereocenters. The van der Waals surface area contributed by atoms with Gasteiger partial charge >= 0.3 is 0 Å². The van der Waals surface area contributed by atoms with Gasteiger partial charge in [-0.15, -0.1) is 0 Å². The van der Waals surface area contributed by atoms with Crippen LogP contribution in [0.25, 0.3) is 54.6 Å². The van der Waals surface area contributed by atoms with Crippen molar-refractivity contribution in [2.24, 2.45) is 0 Å². The second-order valence-electron chi connectivity index (χ2n) is 20.1. The third-order valence-corrected chi connectivity index (χ3v) is 14.8. The van der Waals surface area contributed by atoms with Crippen LogP contribution >= 0.6 is 0 Å². The number of benzene rings is 10.